The minimum Gasteiger partial charge on any atom is -0.289 e. The molecule has 0 N–H and O–H groups in total. The van der Waals surface area contributed by atoms with E-state index in [0.717, 1.165) is 9.13 Å². The molecule has 0 aliphatic carbocycles. The Kier molecular flexibility index (Phi) is 6.16. The van der Waals surface area contributed by atoms with Crippen molar-refractivity contribution in [3.63, 3.8) is 0 Å². The first-order valence-corrected chi connectivity index (χ1v) is 7.70. The molecule has 0 amide bonds. The van der Waals surface area contributed by atoms with E-state index in [1.54, 1.807) is 12.2 Å². The van der Waals surface area contributed by atoms with Crippen LogP contribution in [0.15, 0.2) is 85.0 Å². The third-order valence-electron chi connectivity index (χ3n) is 2.80. The minimum absolute atomic E-state index is 0.0167. The molecular weight excluding hydrogens is 371 g/mol. The van der Waals surface area contributed by atoms with E-state index in [2.05, 4.69) is 22.6 Å². The van der Waals surface area contributed by atoms with Crippen LogP contribution in [0.1, 0.15) is 15.9 Å². The molecule has 0 aliphatic rings. The number of carbonyl (C=O) groups is 1. The van der Waals surface area contributed by atoms with Gasteiger partial charge in [-0.25, -0.2) is 0 Å². The van der Waals surface area contributed by atoms with Crippen molar-refractivity contribution in [2.24, 2.45) is 0 Å². The number of rotatable bonds is 5. The lowest BCUT2D eigenvalue weighted by Gasteiger charge is -1.94. The first-order valence-electron chi connectivity index (χ1n) is 6.62. The first-order chi connectivity index (χ1) is 10.3. The molecule has 2 heteroatoms. The zero-order valence-corrected chi connectivity index (χ0v) is 13.6. The Labute approximate surface area is 138 Å². The second kappa shape index (κ2) is 8.37. The summed E-state index contributed by atoms with van der Waals surface area (Å²) in [6, 6.07) is 17.6. The van der Waals surface area contributed by atoms with Gasteiger partial charge in [0, 0.05) is 9.13 Å². The molecule has 0 spiro atoms. The largest absolute Gasteiger partial charge is 0.289 e. The van der Waals surface area contributed by atoms with E-state index in [0.29, 0.717) is 5.56 Å². The predicted octanol–water partition coefficient (Wildman–Crippen LogP) is 5.30. The van der Waals surface area contributed by atoms with Crippen molar-refractivity contribution < 1.29 is 4.79 Å². The van der Waals surface area contributed by atoms with Gasteiger partial charge in [0.05, 0.1) is 0 Å². The van der Waals surface area contributed by atoms with Gasteiger partial charge in [-0.3, -0.25) is 4.79 Å². The van der Waals surface area contributed by atoms with Crippen molar-refractivity contribution in [3.8, 4) is 0 Å². The van der Waals surface area contributed by atoms with E-state index in [-0.39, 0.29) is 5.78 Å². The lowest BCUT2D eigenvalue weighted by Crippen LogP contribution is -1.93. The van der Waals surface area contributed by atoms with Crippen molar-refractivity contribution in [2.45, 2.75) is 0 Å². The Bertz CT molecular complexity index is 664. The molecule has 0 bridgehead atoms. The molecule has 0 radical (unpaired) electrons. The fraction of sp³-hybridized carbons (Fsp3) is 0. The lowest BCUT2D eigenvalue weighted by atomic mass is 10.1. The van der Waals surface area contributed by atoms with Crippen LogP contribution in [0.2, 0.25) is 0 Å². The average molecular weight is 386 g/mol. The zero-order valence-electron chi connectivity index (χ0n) is 11.4. The van der Waals surface area contributed by atoms with Crippen LogP contribution in [-0.2, 0) is 0 Å². The van der Waals surface area contributed by atoms with Crippen molar-refractivity contribution in [2.75, 3.05) is 0 Å². The monoisotopic (exact) mass is 386 g/mol. The molecule has 2 aromatic carbocycles. The zero-order chi connectivity index (χ0) is 14.9. The maximum Gasteiger partial charge on any atom is 0.185 e. The van der Waals surface area contributed by atoms with Gasteiger partial charge in [0.2, 0.25) is 0 Å². The highest BCUT2D eigenvalue weighted by Crippen LogP contribution is 2.08. The Morgan fingerprint density at radius 1 is 0.810 bits per heavy atom. The summed E-state index contributed by atoms with van der Waals surface area (Å²) in [5.74, 6) is 0.0167. The quantitative estimate of drug-likeness (QED) is 0.295. The van der Waals surface area contributed by atoms with Gasteiger partial charge in [-0.15, -0.1) is 0 Å². The van der Waals surface area contributed by atoms with E-state index >= 15 is 0 Å². The summed E-state index contributed by atoms with van der Waals surface area (Å²) in [6.07, 6.45) is 11.1. The summed E-state index contributed by atoms with van der Waals surface area (Å²) in [6.45, 7) is 0. The third kappa shape index (κ3) is 5.52. The molecule has 0 heterocycles. The predicted molar refractivity (Wildman–Crippen MR) is 97.2 cm³/mol. The lowest BCUT2D eigenvalue weighted by molar-refractivity contribution is 0.104. The smallest absolute Gasteiger partial charge is 0.185 e. The molecule has 2 rings (SSSR count). The van der Waals surface area contributed by atoms with E-state index in [9.17, 15) is 4.79 Å². The summed E-state index contributed by atoms with van der Waals surface area (Å²) < 4.78 is 1.12. The number of hydrogen-bond donors (Lipinski definition) is 0. The van der Waals surface area contributed by atoms with Gasteiger partial charge in [-0.1, -0.05) is 72.8 Å². The molecule has 0 unspecified atom stereocenters. The van der Waals surface area contributed by atoms with E-state index < -0.39 is 0 Å². The Balaban J connectivity index is 1.87. The first kappa shape index (κ1) is 15.4. The van der Waals surface area contributed by atoms with Gasteiger partial charge in [0.1, 0.15) is 0 Å². The number of carbonyl (C=O) groups excluding carboxylic acids is 1. The van der Waals surface area contributed by atoms with Gasteiger partial charge in [-0.05, 0) is 46.4 Å². The molecule has 0 aromatic heterocycles. The number of ketones is 1. The molecule has 0 atom stereocenters. The minimum atomic E-state index is 0.0167. The topological polar surface area (TPSA) is 17.1 Å². The summed E-state index contributed by atoms with van der Waals surface area (Å²) in [4.78, 5) is 11.9. The highest BCUT2D eigenvalue weighted by Gasteiger charge is 1.99. The summed E-state index contributed by atoms with van der Waals surface area (Å²) in [5.41, 5.74) is 1.86. The summed E-state index contributed by atoms with van der Waals surface area (Å²) >= 11 is 2.22. The number of allylic oxidation sites excluding steroid dienone is 5. The van der Waals surface area contributed by atoms with Crippen molar-refractivity contribution in [1.29, 1.82) is 0 Å². The van der Waals surface area contributed by atoms with Crippen LogP contribution < -0.4 is 0 Å². The number of hydrogen-bond acceptors (Lipinski definition) is 1. The molecule has 2 aromatic rings. The van der Waals surface area contributed by atoms with E-state index in [4.69, 9.17) is 0 Å². The fourth-order valence-corrected chi connectivity index (χ4v) is 2.07. The summed E-state index contributed by atoms with van der Waals surface area (Å²) in [7, 11) is 0. The van der Waals surface area contributed by atoms with Gasteiger partial charge in [0.15, 0.2) is 5.78 Å². The van der Waals surface area contributed by atoms with E-state index in [1.165, 1.54) is 0 Å². The van der Waals surface area contributed by atoms with Crippen molar-refractivity contribution in [3.05, 3.63) is 99.7 Å². The van der Waals surface area contributed by atoms with Crippen LogP contribution >= 0.6 is 22.6 Å². The van der Waals surface area contributed by atoms with Crippen LogP contribution in [0.25, 0.3) is 6.08 Å². The van der Waals surface area contributed by atoms with Crippen LogP contribution in [-0.4, -0.2) is 5.78 Å². The Hall–Kier alpha value is -1.94. The second-order valence-corrected chi connectivity index (χ2v) is 5.63. The number of benzene rings is 2. The van der Waals surface area contributed by atoms with Crippen LogP contribution in [0.3, 0.4) is 0 Å². The molecule has 0 saturated heterocycles. The SMILES string of the molecule is O=C(/C=C/C=C/C=C/c1ccccc1)c1ccc(I)cc1. The molecule has 1 nitrogen and oxygen atoms in total. The second-order valence-electron chi connectivity index (χ2n) is 4.38. The standard InChI is InChI=1S/C19H15IO/c20-18-14-12-17(13-15-18)19(21)11-7-2-1-4-8-16-9-5-3-6-10-16/h1-15H/b2-1+,8-4+,11-7+. The molecule has 0 aliphatic heterocycles. The summed E-state index contributed by atoms with van der Waals surface area (Å²) in [5, 5.41) is 0. The molecule has 0 fully saturated rings. The average Bonchev–Trinajstić information content (AvgIpc) is 2.52. The number of halogens is 1. The third-order valence-corrected chi connectivity index (χ3v) is 3.52. The maximum atomic E-state index is 11.9. The fourth-order valence-electron chi connectivity index (χ4n) is 1.71. The van der Waals surface area contributed by atoms with Gasteiger partial charge < -0.3 is 0 Å². The normalized spacial score (nSPS) is 11.7. The van der Waals surface area contributed by atoms with Crippen LogP contribution in [0.4, 0.5) is 0 Å². The van der Waals surface area contributed by atoms with Crippen LogP contribution in [0.5, 0.6) is 0 Å². The van der Waals surface area contributed by atoms with Gasteiger partial charge in [-0.2, -0.15) is 0 Å². The molecule has 104 valence electrons. The highest BCUT2D eigenvalue weighted by molar-refractivity contribution is 14.1. The molecule has 21 heavy (non-hydrogen) atoms. The maximum absolute atomic E-state index is 11.9. The molecule has 0 saturated carbocycles. The Morgan fingerprint density at radius 2 is 1.48 bits per heavy atom. The van der Waals surface area contributed by atoms with Crippen molar-refractivity contribution in [1.82, 2.24) is 0 Å². The van der Waals surface area contributed by atoms with Gasteiger partial charge in [0.25, 0.3) is 0 Å². The van der Waals surface area contributed by atoms with Crippen molar-refractivity contribution >= 4 is 34.5 Å². The molecular formula is C19H15IO. The van der Waals surface area contributed by atoms with E-state index in [1.807, 2.05) is 78.9 Å². The Morgan fingerprint density at radius 3 is 2.19 bits per heavy atom. The van der Waals surface area contributed by atoms with Gasteiger partial charge >= 0.3 is 0 Å². The van der Waals surface area contributed by atoms with Crippen LogP contribution in [0, 0.1) is 3.57 Å². The highest BCUT2D eigenvalue weighted by atomic mass is 127.